The van der Waals surface area contributed by atoms with Gasteiger partial charge in [0.15, 0.2) is 0 Å². The van der Waals surface area contributed by atoms with Crippen LogP contribution in [-0.2, 0) is 6.54 Å². The number of aromatic nitrogens is 2. The second-order valence-corrected chi connectivity index (χ2v) is 7.76. The third kappa shape index (κ3) is 5.11. The Labute approximate surface area is 179 Å². The van der Waals surface area contributed by atoms with Crippen molar-refractivity contribution in [2.75, 3.05) is 32.1 Å². The van der Waals surface area contributed by atoms with Crippen LogP contribution < -0.4 is 14.4 Å². The molecule has 1 saturated heterocycles. The maximum absolute atomic E-state index is 12.3. The smallest absolute Gasteiger partial charge is 0.387 e. The van der Waals surface area contributed by atoms with Gasteiger partial charge in [-0.15, -0.1) is 5.10 Å². The van der Waals surface area contributed by atoms with Gasteiger partial charge in [0, 0.05) is 12.1 Å². The molecule has 1 fully saturated rings. The third-order valence-electron chi connectivity index (χ3n) is 4.96. The van der Waals surface area contributed by atoms with E-state index in [9.17, 15) is 8.78 Å². The fourth-order valence-corrected chi connectivity index (χ4v) is 3.36. The lowest BCUT2D eigenvalue weighted by atomic mass is 10.1. The average molecular weight is 430 g/mol. The molecule has 0 amide bonds. The van der Waals surface area contributed by atoms with Crippen LogP contribution in [0.15, 0.2) is 46.9 Å². The first-order chi connectivity index (χ1) is 14.9. The molecule has 1 aliphatic heterocycles. The highest BCUT2D eigenvalue weighted by molar-refractivity contribution is 5.55. The predicted octanol–water partition coefficient (Wildman–Crippen LogP) is 3.98. The second-order valence-electron chi connectivity index (χ2n) is 7.76. The Morgan fingerprint density at radius 1 is 1.10 bits per heavy atom. The van der Waals surface area contributed by atoms with Crippen molar-refractivity contribution >= 4 is 6.01 Å². The fraction of sp³-hybridized carbons (Fsp3) is 0.364. The van der Waals surface area contributed by atoms with E-state index in [1.807, 2.05) is 25.1 Å². The molecule has 4 rings (SSSR count). The summed E-state index contributed by atoms with van der Waals surface area (Å²) < 4.78 is 40.6. The van der Waals surface area contributed by atoms with Crippen LogP contribution in [0.1, 0.15) is 11.1 Å². The number of nitrogens with zero attached hydrogens (tertiary/aromatic N) is 4. The summed E-state index contributed by atoms with van der Waals surface area (Å²) in [5.74, 6) is 1.24. The summed E-state index contributed by atoms with van der Waals surface area (Å²) in [6, 6.07) is 12.6. The number of aryl methyl sites for hydroxylation is 1. The van der Waals surface area contributed by atoms with Gasteiger partial charge in [-0.25, -0.2) is 0 Å². The number of halogens is 2. The normalized spacial score (nSPS) is 14.2. The first-order valence-electron chi connectivity index (χ1n) is 9.92. The van der Waals surface area contributed by atoms with Gasteiger partial charge in [-0.05, 0) is 68.5 Å². The zero-order valence-electron chi connectivity index (χ0n) is 17.6. The topological polar surface area (TPSA) is 63.9 Å². The molecule has 0 N–H and O–H groups in total. The molecule has 1 aromatic heterocycles. The Morgan fingerprint density at radius 3 is 2.45 bits per heavy atom. The van der Waals surface area contributed by atoms with Crippen LogP contribution in [0.4, 0.5) is 14.8 Å². The minimum Gasteiger partial charge on any atom is -0.487 e. The van der Waals surface area contributed by atoms with Crippen molar-refractivity contribution in [1.29, 1.82) is 0 Å². The van der Waals surface area contributed by atoms with E-state index in [-0.39, 0.29) is 11.9 Å². The van der Waals surface area contributed by atoms with Gasteiger partial charge in [-0.3, -0.25) is 0 Å². The van der Waals surface area contributed by atoms with Crippen LogP contribution in [0.25, 0.3) is 11.5 Å². The van der Waals surface area contributed by atoms with Gasteiger partial charge in [0.1, 0.15) is 17.6 Å². The zero-order chi connectivity index (χ0) is 22.0. The van der Waals surface area contributed by atoms with Gasteiger partial charge in [0.05, 0.1) is 13.1 Å². The predicted molar refractivity (Wildman–Crippen MR) is 112 cm³/mol. The first-order valence-corrected chi connectivity index (χ1v) is 9.92. The van der Waals surface area contributed by atoms with Crippen molar-refractivity contribution in [3.05, 3.63) is 53.6 Å². The van der Waals surface area contributed by atoms with Crippen molar-refractivity contribution in [2.45, 2.75) is 26.2 Å². The third-order valence-corrected chi connectivity index (χ3v) is 4.96. The molecular weight excluding hydrogens is 406 g/mol. The maximum Gasteiger partial charge on any atom is 0.387 e. The molecule has 2 aromatic carbocycles. The Hall–Kier alpha value is -3.20. The van der Waals surface area contributed by atoms with E-state index in [0.717, 1.165) is 12.3 Å². The zero-order valence-corrected chi connectivity index (χ0v) is 17.6. The first kappa shape index (κ1) is 21.0. The van der Waals surface area contributed by atoms with Crippen LogP contribution in [-0.4, -0.2) is 55.0 Å². The summed E-state index contributed by atoms with van der Waals surface area (Å²) in [4.78, 5) is 4.07. The number of hydrogen-bond donors (Lipinski definition) is 0. The molecule has 1 aliphatic rings. The van der Waals surface area contributed by atoms with Crippen molar-refractivity contribution in [2.24, 2.45) is 0 Å². The molecule has 3 aromatic rings. The molecule has 0 aliphatic carbocycles. The average Bonchev–Trinajstić information content (AvgIpc) is 3.16. The molecule has 31 heavy (non-hydrogen) atoms. The van der Waals surface area contributed by atoms with E-state index in [0.29, 0.717) is 30.6 Å². The molecule has 164 valence electrons. The van der Waals surface area contributed by atoms with E-state index < -0.39 is 6.61 Å². The molecule has 0 saturated carbocycles. The van der Waals surface area contributed by atoms with Crippen molar-refractivity contribution in [1.82, 2.24) is 15.1 Å². The van der Waals surface area contributed by atoms with Gasteiger partial charge < -0.3 is 23.7 Å². The minimum absolute atomic E-state index is 0.0419. The second kappa shape index (κ2) is 8.89. The highest BCUT2D eigenvalue weighted by Crippen LogP contribution is 2.28. The summed E-state index contributed by atoms with van der Waals surface area (Å²) in [6.45, 7) is 1.40. The van der Waals surface area contributed by atoms with Gasteiger partial charge in [0.25, 0.3) is 0 Å². The van der Waals surface area contributed by atoms with Crippen molar-refractivity contribution < 1.29 is 22.7 Å². The quantitative estimate of drug-likeness (QED) is 0.536. The Bertz CT molecular complexity index is 1020. The molecule has 7 nitrogen and oxygen atoms in total. The summed E-state index contributed by atoms with van der Waals surface area (Å²) in [5, 5.41) is 8.12. The van der Waals surface area contributed by atoms with Gasteiger partial charge in [0.2, 0.25) is 5.89 Å². The number of ether oxygens (including phenoxy) is 2. The van der Waals surface area contributed by atoms with Gasteiger partial charge in [-0.2, -0.15) is 8.78 Å². The maximum atomic E-state index is 12.3. The molecular formula is C22H24F2N4O3. The van der Waals surface area contributed by atoms with E-state index in [4.69, 9.17) is 9.15 Å². The number of anilines is 1. The van der Waals surface area contributed by atoms with Gasteiger partial charge in [-0.1, -0.05) is 11.2 Å². The highest BCUT2D eigenvalue weighted by atomic mass is 19.3. The summed E-state index contributed by atoms with van der Waals surface area (Å²) in [6.07, 6.45) is 0.0419. The minimum atomic E-state index is -2.86. The van der Waals surface area contributed by atoms with Crippen LogP contribution in [0, 0.1) is 6.92 Å². The van der Waals surface area contributed by atoms with E-state index in [1.54, 1.807) is 12.1 Å². The standard InChI is InChI=1S/C22H24F2N4O3/c1-14-10-18(9-6-16(14)11-27(2)3)29-19-12-28(13-19)22-26-25-20(31-22)15-4-7-17(8-5-15)30-21(23)24/h4-10,19,21H,11-13H2,1-3H3. The number of hydrogen-bond acceptors (Lipinski definition) is 7. The molecule has 2 heterocycles. The highest BCUT2D eigenvalue weighted by Gasteiger charge is 2.32. The molecule has 0 spiro atoms. The van der Waals surface area contributed by atoms with Crippen molar-refractivity contribution in [3.8, 4) is 23.0 Å². The SMILES string of the molecule is Cc1cc(OC2CN(c3nnc(-c4ccc(OC(F)F)cc4)o3)C2)ccc1CN(C)C. The molecule has 0 unspecified atom stereocenters. The summed E-state index contributed by atoms with van der Waals surface area (Å²) in [5.41, 5.74) is 3.11. The monoisotopic (exact) mass is 430 g/mol. The van der Waals surface area contributed by atoms with E-state index in [2.05, 4.69) is 38.9 Å². The van der Waals surface area contributed by atoms with Crippen LogP contribution in [0.3, 0.4) is 0 Å². The summed E-state index contributed by atoms with van der Waals surface area (Å²) in [7, 11) is 4.10. The molecule has 0 atom stereocenters. The Balaban J connectivity index is 1.32. The number of rotatable bonds is 8. The molecule has 0 bridgehead atoms. The lowest BCUT2D eigenvalue weighted by Crippen LogP contribution is -2.54. The Kier molecular flexibility index (Phi) is 6.03. The number of alkyl halides is 2. The van der Waals surface area contributed by atoms with Gasteiger partial charge >= 0.3 is 12.6 Å². The number of benzene rings is 2. The van der Waals surface area contributed by atoms with Crippen LogP contribution in [0.5, 0.6) is 11.5 Å². The van der Waals surface area contributed by atoms with Crippen LogP contribution in [0.2, 0.25) is 0 Å². The molecule has 9 heteroatoms. The Morgan fingerprint density at radius 2 is 1.81 bits per heavy atom. The molecule has 0 radical (unpaired) electrons. The van der Waals surface area contributed by atoms with Crippen molar-refractivity contribution in [3.63, 3.8) is 0 Å². The van der Waals surface area contributed by atoms with E-state index >= 15 is 0 Å². The fourth-order valence-electron chi connectivity index (χ4n) is 3.36. The lowest BCUT2D eigenvalue weighted by Gasteiger charge is -2.37. The van der Waals surface area contributed by atoms with E-state index in [1.165, 1.54) is 23.3 Å². The van der Waals surface area contributed by atoms with Crippen LogP contribution >= 0.6 is 0 Å². The lowest BCUT2D eigenvalue weighted by molar-refractivity contribution is -0.0498. The largest absolute Gasteiger partial charge is 0.487 e. The summed E-state index contributed by atoms with van der Waals surface area (Å²) >= 11 is 0.